The first-order chi connectivity index (χ1) is 31.9. The quantitative estimate of drug-likeness (QED) is 0.0951. The first-order valence-electron chi connectivity index (χ1n) is 23.1. The van der Waals surface area contributed by atoms with Crippen molar-refractivity contribution >= 4 is 5.82 Å². The van der Waals surface area contributed by atoms with E-state index in [1.807, 2.05) is 18.3 Å². The molecule has 4 aliphatic rings. The summed E-state index contributed by atoms with van der Waals surface area (Å²) in [5.74, 6) is 0.822. The number of H-pyrrole nitrogens is 1. The van der Waals surface area contributed by atoms with Crippen LogP contribution >= 0.6 is 0 Å². The second-order valence-electron chi connectivity index (χ2n) is 18.1. The fraction of sp³-hybridized carbons (Fsp3) is 0.255. The number of aliphatic hydroxyl groups excluding tert-OH is 1. The average Bonchev–Trinajstić information content (AvgIpc) is 3.77. The number of aromatic amines is 1. The van der Waals surface area contributed by atoms with Gasteiger partial charge in [0.05, 0.1) is 40.8 Å². The highest BCUT2D eigenvalue weighted by Gasteiger charge is 2.35. The minimum Gasteiger partial charge on any atom is -0.395 e. The number of aryl methyl sites for hydroxylation is 3. The van der Waals surface area contributed by atoms with E-state index < -0.39 is 0 Å². The molecule has 4 aromatic heterocycles. The molecule has 4 heterocycles. The Labute approximate surface area is 379 Å². The largest absolute Gasteiger partial charge is 0.395 e. The van der Waals surface area contributed by atoms with Crippen LogP contribution in [0, 0.1) is 0 Å². The van der Waals surface area contributed by atoms with Gasteiger partial charge in [-0.25, -0.2) is 9.97 Å². The van der Waals surface area contributed by atoms with Crippen molar-refractivity contribution in [2.45, 2.75) is 75.3 Å². The van der Waals surface area contributed by atoms with Crippen LogP contribution in [0.15, 0.2) is 134 Å². The molecule has 0 atom stereocenters. The summed E-state index contributed by atoms with van der Waals surface area (Å²) in [5.41, 5.74) is 32.8. The van der Waals surface area contributed by atoms with Crippen LogP contribution in [0.4, 0.5) is 5.82 Å². The lowest BCUT2D eigenvalue weighted by molar-refractivity contribution is 0.253. The molecule has 0 amide bonds. The van der Waals surface area contributed by atoms with Gasteiger partial charge in [-0.15, -0.1) is 0 Å². The molecule has 10 nitrogen and oxygen atoms in total. The number of anilines is 1. The van der Waals surface area contributed by atoms with E-state index in [-0.39, 0.29) is 17.7 Å². The lowest BCUT2D eigenvalue weighted by Crippen LogP contribution is -2.43. The predicted molar refractivity (Wildman–Crippen MR) is 259 cm³/mol. The maximum absolute atomic E-state index is 9.19. The molecule has 7 N–H and O–H groups in total. The molecule has 4 aromatic carbocycles. The highest BCUT2D eigenvalue weighted by Crippen LogP contribution is 2.44. The van der Waals surface area contributed by atoms with Crippen molar-refractivity contribution < 1.29 is 5.11 Å². The zero-order chi connectivity index (χ0) is 44.0. The Balaban J connectivity index is 0.000000145. The highest BCUT2D eigenvalue weighted by atomic mass is 16.3. The summed E-state index contributed by atoms with van der Waals surface area (Å²) in [4.78, 5) is 19.2. The molecular formula is C55H53N9O. The molecule has 0 aliphatic heterocycles. The second kappa shape index (κ2) is 16.9. The van der Waals surface area contributed by atoms with Crippen molar-refractivity contribution in [2.75, 3.05) is 18.5 Å². The Morgan fingerprint density at radius 3 is 1.66 bits per heavy atom. The Morgan fingerprint density at radius 2 is 1.12 bits per heavy atom. The first-order valence-corrected chi connectivity index (χ1v) is 23.1. The Hall–Kier alpha value is -6.85. The maximum atomic E-state index is 9.19. The molecule has 324 valence electrons. The Morgan fingerprint density at radius 1 is 0.585 bits per heavy atom. The van der Waals surface area contributed by atoms with Gasteiger partial charge in [-0.05, 0) is 104 Å². The summed E-state index contributed by atoms with van der Waals surface area (Å²) in [7, 11) is 0. The number of nitrogens with two attached hydrogens (primary N) is 2. The van der Waals surface area contributed by atoms with Crippen LogP contribution in [0.1, 0.15) is 72.2 Å². The molecule has 10 heteroatoms. The number of rotatable bonds is 9. The minimum absolute atomic E-state index is 0.0748. The standard InChI is InChI=1S/C28H29N5O.C27H24N4/c29-28(13-4-14-28)20-9-7-19(8-10-20)25-22(18-5-2-1-3-6-18)17-23-24(31-25)12-11-21-26(23)32-33-27(21)30-15-16-34;28-27(13-4-14-27)21-10-7-19(8-11-21)26-22(18-5-2-1-3-6-18)15-23-24(31-26)12-9-20-16-29-17-30-25(20)23/h1-3,5-10,17,34H,4,11-16,29H2,(H2,30,32,33);1-3,5-8,10-11,15-17H,4,9,12-14,28H2. The van der Waals surface area contributed by atoms with Crippen molar-refractivity contribution in [1.29, 1.82) is 0 Å². The van der Waals surface area contributed by atoms with E-state index in [1.165, 1.54) is 29.5 Å². The third-order valence-electron chi connectivity index (χ3n) is 14.2. The second-order valence-corrected chi connectivity index (χ2v) is 18.1. The fourth-order valence-electron chi connectivity index (χ4n) is 10.1. The van der Waals surface area contributed by atoms with E-state index in [0.29, 0.717) is 6.54 Å². The lowest BCUT2D eigenvalue weighted by Gasteiger charge is -2.38. The smallest absolute Gasteiger partial charge is 0.151 e. The van der Waals surface area contributed by atoms with Crippen LogP contribution in [0.2, 0.25) is 0 Å². The SMILES string of the molecule is NC1(c2ccc(-c3nc4c(cc3-c3ccccc3)-c3[nH]nc(NCCO)c3CC4)cc2)CCC1.NC1(c2ccc(-c3nc4c(cc3-c3ccccc3)-c3ncncc3CC4)cc2)CCC1. The molecule has 12 rings (SSSR count). The number of hydrogen-bond donors (Lipinski definition) is 5. The number of hydrogen-bond acceptors (Lipinski definition) is 9. The van der Waals surface area contributed by atoms with Gasteiger partial charge in [0.1, 0.15) is 6.33 Å². The third-order valence-corrected chi connectivity index (χ3v) is 14.2. The monoisotopic (exact) mass is 855 g/mol. The molecular weight excluding hydrogens is 803 g/mol. The number of aromatic nitrogens is 6. The van der Waals surface area contributed by atoms with Gasteiger partial charge in [0.25, 0.3) is 0 Å². The molecule has 0 saturated heterocycles. The average molecular weight is 856 g/mol. The molecule has 0 bridgehead atoms. The fourth-order valence-corrected chi connectivity index (χ4v) is 10.1. The summed E-state index contributed by atoms with van der Waals surface area (Å²) >= 11 is 0. The van der Waals surface area contributed by atoms with Crippen LogP contribution in [0.25, 0.3) is 67.3 Å². The van der Waals surface area contributed by atoms with Gasteiger partial charge < -0.3 is 21.9 Å². The number of aliphatic hydroxyl groups is 1. The van der Waals surface area contributed by atoms with Crippen LogP contribution in [0.5, 0.6) is 0 Å². The van der Waals surface area contributed by atoms with Crippen LogP contribution in [-0.2, 0) is 36.8 Å². The number of benzene rings is 4. The van der Waals surface area contributed by atoms with Gasteiger partial charge >= 0.3 is 0 Å². The zero-order valence-corrected chi connectivity index (χ0v) is 36.5. The molecule has 65 heavy (non-hydrogen) atoms. The number of nitrogens with one attached hydrogen (secondary N) is 2. The van der Waals surface area contributed by atoms with Gasteiger partial charge in [0.15, 0.2) is 5.82 Å². The summed E-state index contributed by atoms with van der Waals surface area (Å²) < 4.78 is 0. The van der Waals surface area contributed by atoms with Gasteiger partial charge in [0, 0.05) is 62.8 Å². The Bertz CT molecular complexity index is 2990. The highest BCUT2D eigenvalue weighted by molar-refractivity contribution is 5.88. The van der Waals surface area contributed by atoms with Crippen molar-refractivity contribution in [3.05, 3.63) is 167 Å². The maximum Gasteiger partial charge on any atom is 0.151 e. The van der Waals surface area contributed by atoms with Crippen molar-refractivity contribution in [1.82, 2.24) is 30.1 Å². The van der Waals surface area contributed by atoms with E-state index >= 15 is 0 Å². The minimum atomic E-state index is -0.164. The molecule has 2 saturated carbocycles. The van der Waals surface area contributed by atoms with E-state index in [9.17, 15) is 5.11 Å². The number of nitrogens with zero attached hydrogens (tertiary/aromatic N) is 5. The van der Waals surface area contributed by atoms with Gasteiger partial charge in [0.2, 0.25) is 0 Å². The van der Waals surface area contributed by atoms with E-state index in [1.54, 1.807) is 6.33 Å². The van der Waals surface area contributed by atoms with Crippen molar-refractivity contribution in [3.63, 3.8) is 0 Å². The van der Waals surface area contributed by atoms with Crippen molar-refractivity contribution in [3.8, 4) is 67.3 Å². The molecule has 0 unspecified atom stereocenters. The first kappa shape index (κ1) is 40.9. The van der Waals surface area contributed by atoms with Gasteiger partial charge in [-0.3, -0.25) is 15.1 Å². The molecule has 8 aromatic rings. The van der Waals surface area contributed by atoms with E-state index in [4.69, 9.17) is 21.4 Å². The lowest BCUT2D eigenvalue weighted by atomic mass is 9.72. The molecule has 0 spiro atoms. The predicted octanol–water partition coefficient (Wildman–Crippen LogP) is 9.96. The molecule has 2 fully saturated rings. The topological polar surface area (TPSA) is 165 Å². The summed E-state index contributed by atoms with van der Waals surface area (Å²) in [6, 6.07) is 42.9. The van der Waals surface area contributed by atoms with Crippen LogP contribution < -0.4 is 16.8 Å². The number of pyridine rings is 2. The zero-order valence-electron chi connectivity index (χ0n) is 36.5. The van der Waals surface area contributed by atoms with Gasteiger partial charge in [-0.2, -0.15) is 5.10 Å². The van der Waals surface area contributed by atoms with Gasteiger partial charge in [-0.1, -0.05) is 109 Å². The van der Waals surface area contributed by atoms with Crippen molar-refractivity contribution in [2.24, 2.45) is 11.5 Å². The summed E-state index contributed by atoms with van der Waals surface area (Å²) in [5, 5.41) is 20.1. The van der Waals surface area contributed by atoms with E-state index in [0.717, 1.165) is 141 Å². The van der Waals surface area contributed by atoms with Crippen LogP contribution in [-0.4, -0.2) is 48.4 Å². The molecule has 0 radical (unpaired) electrons. The number of fused-ring (bicyclic) bond motifs is 6. The third kappa shape index (κ3) is 7.61. The van der Waals surface area contributed by atoms with Crippen LogP contribution in [0.3, 0.4) is 0 Å². The van der Waals surface area contributed by atoms with E-state index in [2.05, 4.69) is 135 Å². The Kier molecular flexibility index (Phi) is 10.7. The summed E-state index contributed by atoms with van der Waals surface area (Å²) in [6.45, 7) is 0.558. The summed E-state index contributed by atoms with van der Waals surface area (Å²) in [6.07, 6.45) is 13.8. The normalized spacial score (nSPS) is 16.0. The molecule has 4 aliphatic carbocycles.